The summed E-state index contributed by atoms with van der Waals surface area (Å²) in [6.45, 7) is 3.66. The highest BCUT2D eigenvalue weighted by atomic mass is 31.2. The molecule has 0 fully saturated rings. The summed E-state index contributed by atoms with van der Waals surface area (Å²) < 4.78 is 13.2. The van der Waals surface area contributed by atoms with Gasteiger partial charge in [0.15, 0.2) is 0 Å². The van der Waals surface area contributed by atoms with Crippen LogP contribution in [0.3, 0.4) is 0 Å². The van der Waals surface area contributed by atoms with Gasteiger partial charge in [-0.05, 0) is 48.5 Å². The molecule has 0 atom stereocenters. The van der Waals surface area contributed by atoms with E-state index in [1.807, 2.05) is 0 Å². The number of hydrogen-bond acceptors (Lipinski definition) is 3. The molecular weight excluding hydrogens is 259 g/mol. The summed E-state index contributed by atoms with van der Waals surface area (Å²) in [6, 6.07) is 12.7. The average molecular weight is 274 g/mol. The van der Waals surface area contributed by atoms with Crippen LogP contribution >= 0.6 is 7.14 Å². The summed E-state index contributed by atoms with van der Waals surface area (Å²) >= 11 is 0. The van der Waals surface area contributed by atoms with Crippen LogP contribution in [0, 0.1) is 0 Å². The lowest BCUT2D eigenvalue weighted by Gasteiger charge is -2.17. The largest absolute Gasteiger partial charge is 0.508 e. The van der Waals surface area contributed by atoms with E-state index >= 15 is 0 Å². The zero-order valence-electron chi connectivity index (χ0n) is 10.4. The highest BCUT2D eigenvalue weighted by Gasteiger charge is 2.25. The van der Waals surface area contributed by atoms with E-state index in [1.54, 1.807) is 30.3 Å². The maximum absolute atomic E-state index is 13.2. The van der Waals surface area contributed by atoms with Crippen molar-refractivity contribution in [1.29, 1.82) is 0 Å². The van der Waals surface area contributed by atoms with E-state index < -0.39 is 7.14 Å². The molecule has 0 aromatic heterocycles. The molecule has 0 amide bonds. The molecule has 0 aliphatic heterocycles. The quantitative estimate of drug-likeness (QED) is 0.665. The van der Waals surface area contributed by atoms with E-state index in [9.17, 15) is 14.8 Å². The van der Waals surface area contributed by atoms with Crippen molar-refractivity contribution in [3.8, 4) is 11.5 Å². The van der Waals surface area contributed by atoms with Gasteiger partial charge in [-0.1, -0.05) is 6.08 Å². The van der Waals surface area contributed by atoms with Crippen molar-refractivity contribution in [2.45, 2.75) is 0 Å². The van der Waals surface area contributed by atoms with Crippen LogP contribution in [0.4, 0.5) is 0 Å². The van der Waals surface area contributed by atoms with E-state index in [0.717, 1.165) is 0 Å². The van der Waals surface area contributed by atoms with Gasteiger partial charge >= 0.3 is 0 Å². The molecule has 2 rings (SSSR count). The van der Waals surface area contributed by atoms with E-state index in [-0.39, 0.29) is 11.5 Å². The van der Waals surface area contributed by atoms with E-state index in [2.05, 4.69) is 6.58 Å². The van der Waals surface area contributed by atoms with Gasteiger partial charge in [0.25, 0.3) is 0 Å². The molecule has 3 nitrogen and oxygen atoms in total. The lowest BCUT2D eigenvalue weighted by Crippen LogP contribution is -2.17. The Balaban J connectivity index is 2.54. The van der Waals surface area contributed by atoms with Gasteiger partial charge in [-0.25, -0.2) is 0 Å². The predicted octanol–water partition coefficient (Wildman–Crippen LogP) is 2.60. The molecule has 0 aliphatic carbocycles. The van der Waals surface area contributed by atoms with Crippen LogP contribution in [0.1, 0.15) is 0 Å². The zero-order valence-corrected chi connectivity index (χ0v) is 11.3. The van der Waals surface area contributed by atoms with Crippen molar-refractivity contribution in [2.75, 3.05) is 6.16 Å². The highest BCUT2D eigenvalue weighted by molar-refractivity contribution is 7.78. The van der Waals surface area contributed by atoms with Crippen molar-refractivity contribution in [3.63, 3.8) is 0 Å². The Kier molecular flexibility index (Phi) is 3.77. The summed E-state index contributed by atoms with van der Waals surface area (Å²) in [7, 11) is -2.80. The maximum Gasteiger partial charge on any atom is 0.146 e. The number of hydrogen-bond donors (Lipinski definition) is 2. The van der Waals surface area contributed by atoms with Gasteiger partial charge in [-0.2, -0.15) is 0 Å². The second kappa shape index (κ2) is 5.33. The molecule has 0 saturated heterocycles. The van der Waals surface area contributed by atoms with Gasteiger partial charge in [0.05, 0.1) is 0 Å². The normalized spacial score (nSPS) is 11.2. The van der Waals surface area contributed by atoms with Crippen molar-refractivity contribution in [1.82, 2.24) is 0 Å². The second-order valence-corrected chi connectivity index (χ2v) is 7.12. The molecule has 4 heteroatoms. The van der Waals surface area contributed by atoms with Crippen LogP contribution in [0.15, 0.2) is 61.2 Å². The van der Waals surface area contributed by atoms with Crippen LogP contribution in [-0.2, 0) is 4.57 Å². The topological polar surface area (TPSA) is 57.5 Å². The molecule has 19 heavy (non-hydrogen) atoms. The van der Waals surface area contributed by atoms with Crippen molar-refractivity contribution >= 4 is 17.8 Å². The van der Waals surface area contributed by atoms with Crippen molar-refractivity contribution in [2.24, 2.45) is 0 Å². The third-order valence-electron chi connectivity index (χ3n) is 2.92. The molecule has 0 aliphatic rings. The minimum Gasteiger partial charge on any atom is -0.508 e. The second-order valence-electron chi connectivity index (χ2n) is 4.24. The first-order chi connectivity index (χ1) is 9.06. The smallest absolute Gasteiger partial charge is 0.146 e. The molecule has 2 N–H and O–H groups in total. The van der Waals surface area contributed by atoms with Gasteiger partial charge in [-0.15, -0.1) is 6.58 Å². The molecule has 0 unspecified atom stereocenters. The van der Waals surface area contributed by atoms with Crippen molar-refractivity contribution < 1.29 is 14.8 Å². The summed E-state index contributed by atoms with van der Waals surface area (Å²) in [4.78, 5) is 0. The molecule has 98 valence electrons. The Morgan fingerprint density at radius 2 is 1.26 bits per heavy atom. The highest BCUT2D eigenvalue weighted by Crippen LogP contribution is 2.43. The van der Waals surface area contributed by atoms with Crippen molar-refractivity contribution in [3.05, 3.63) is 61.2 Å². The van der Waals surface area contributed by atoms with E-state index in [4.69, 9.17) is 0 Å². The predicted molar refractivity (Wildman–Crippen MR) is 78.2 cm³/mol. The molecule has 0 spiro atoms. The zero-order chi connectivity index (χ0) is 13.9. The van der Waals surface area contributed by atoms with E-state index in [1.165, 1.54) is 24.3 Å². The molecule has 0 heterocycles. The summed E-state index contributed by atoms with van der Waals surface area (Å²) in [5.74, 6) is 0.277. The number of allylic oxidation sites excluding steroid dienone is 1. The fourth-order valence-electron chi connectivity index (χ4n) is 1.93. The Bertz CT molecular complexity index is 565. The number of phenolic OH excluding ortho intramolecular Hbond substituents is 2. The molecule has 0 saturated carbocycles. The third-order valence-corrected chi connectivity index (χ3v) is 5.96. The third kappa shape index (κ3) is 2.72. The molecular formula is C15H15O3P. The van der Waals surface area contributed by atoms with Gasteiger partial charge in [0.2, 0.25) is 0 Å². The van der Waals surface area contributed by atoms with Crippen LogP contribution in [-0.4, -0.2) is 16.4 Å². The lowest BCUT2D eigenvalue weighted by atomic mass is 10.3. The molecule has 2 aromatic rings. The van der Waals surface area contributed by atoms with Crippen LogP contribution < -0.4 is 10.6 Å². The summed E-state index contributed by atoms with van der Waals surface area (Å²) in [5.41, 5.74) is 0. The minimum absolute atomic E-state index is 0.139. The number of aromatic hydroxyl groups is 2. The Morgan fingerprint density at radius 3 is 1.58 bits per heavy atom. The fraction of sp³-hybridized carbons (Fsp3) is 0.0667. The standard InChI is InChI=1S/C15H15O3P/c1-2-11-19(18,14-7-3-12(16)4-8-14)15-9-5-13(17)6-10-15/h2-10,16-17H,1,11H2. The Labute approximate surface area is 112 Å². The van der Waals surface area contributed by atoms with Gasteiger partial charge in [-0.3, -0.25) is 0 Å². The molecule has 0 radical (unpaired) electrons. The maximum atomic E-state index is 13.2. The first-order valence-electron chi connectivity index (χ1n) is 5.85. The van der Waals surface area contributed by atoms with Gasteiger partial charge < -0.3 is 14.8 Å². The number of rotatable bonds is 4. The summed E-state index contributed by atoms with van der Waals surface area (Å²) in [5, 5.41) is 20.0. The first kappa shape index (κ1) is 13.4. The van der Waals surface area contributed by atoms with E-state index in [0.29, 0.717) is 16.8 Å². The molecule has 2 aromatic carbocycles. The number of phenols is 2. The fourth-order valence-corrected chi connectivity index (χ4v) is 4.27. The minimum atomic E-state index is -2.80. The monoisotopic (exact) mass is 274 g/mol. The van der Waals surface area contributed by atoms with Gasteiger partial charge in [0.1, 0.15) is 18.6 Å². The Morgan fingerprint density at radius 1 is 0.895 bits per heavy atom. The summed E-state index contributed by atoms with van der Waals surface area (Å²) in [6.07, 6.45) is 1.96. The first-order valence-corrected chi connectivity index (χ1v) is 7.74. The molecule has 0 bridgehead atoms. The van der Waals surface area contributed by atoms with Crippen LogP contribution in [0.2, 0.25) is 0 Å². The SMILES string of the molecule is C=CCP(=O)(c1ccc(O)cc1)c1ccc(O)cc1. The number of benzene rings is 2. The average Bonchev–Trinajstić information content (AvgIpc) is 2.40. The lowest BCUT2D eigenvalue weighted by molar-refractivity contribution is 0.475. The van der Waals surface area contributed by atoms with Crippen LogP contribution in [0.25, 0.3) is 0 Å². The van der Waals surface area contributed by atoms with Gasteiger partial charge in [0, 0.05) is 16.8 Å². The van der Waals surface area contributed by atoms with Crippen LogP contribution in [0.5, 0.6) is 11.5 Å². The Hall–Kier alpha value is -1.99.